The minimum atomic E-state index is 0.450. The van der Waals surface area contributed by atoms with Gasteiger partial charge >= 0.3 is 0 Å². The highest BCUT2D eigenvalue weighted by atomic mass is 35.5. The molecule has 0 aliphatic heterocycles. The van der Waals surface area contributed by atoms with E-state index in [0.29, 0.717) is 5.41 Å². The second-order valence-electron chi connectivity index (χ2n) is 6.44. The summed E-state index contributed by atoms with van der Waals surface area (Å²) >= 11 is 6.22. The van der Waals surface area contributed by atoms with Crippen LogP contribution in [0.4, 0.5) is 0 Å². The third-order valence-electron chi connectivity index (χ3n) is 4.85. The van der Waals surface area contributed by atoms with E-state index in [1.165, 1.54) is 31.2 Å². The fourth-order valence-electron chi connectivity index (χ4n) is 3.70. The topological polar surface area (TPSA) is 9.23 Å². The highest BCUT2D eigenvalue weighted by Crippen LogP contribution is 2.61. The van der Waals surface area contributed by atoms with E-state index in [2.05, 4.69) is 24.3 Å². The van der Waals surface area contributed by atoms with Crippen LogP contribution < -0.4 is 0 Å². The molecular weight excluding hydrogens is 256 g/mol. The number of hydrogen-bond donors (Lipinski definition) is 0. The lowest BCUT2D eigenvalue weighted by atomic mass is 9.81. The molecule has 2 aliphatic carbocycles. The van der Waals surface area contributed by atoms with Gasteiger partial charge in [0.15, 0.2) is 0 Å². The second-order valence-corrected chi connectivity index (χ2v) is 6.71. The molecular formula is C17H23ClO. The molecule has 3 rings (SSSR count). The quantitative estimate of drug-likeness (QED) is 0.522. The van der Waals surface area contributed by atoms with Gasteiger partial charge in [0.05, 0.1) is 6.61 Å². The molecule has 2 saturated carbocycles. The number of fused-ring (bicyclic) bond motifs is 1. The Bertz CT molecular complexity index is 393. The SMILES string of the molecule is ClCC1(CCCOCc2ccccc2)CC2CC2C1. The van der Waals surface area contributed by atoms with Gasteiger partial charge in [-0.3, -0.25) is 0 Å². The van der Waals surface area contributed by atoms with Crippen LogP contribution >= 0.6 is 11.6 Å². The number of alkyl halides is 1. The van der Waals surface area contributed by atoms with Gasteiger partial charge in [-0.05, 0) is 54.9 Å². The maximum Gasteiger partial charge on any atom is 0.0716 e. The van der Waals surface area contributed by atoms with Crippen LogP contribution in [0.15, 0.2) is 30.3 Å². The predicted molar refractivity (Wildman–Crippen MR) is 79.3 cm³/mol. The van der Waals surface area contributed by atoms with E-state index in [9.17, 15) is 0 Å². The Balaban J connectivity index is 1.34. The molecule has 0 aromatic heterocycles. The zero-order valence-electron chi connectivity index (χ0n) is 11.5. The van der Waals surface area contributed by atoms with Crippen LogP contribution in [-0.2, 0) is 11.3 Å². The van der Waals surface area contributed by atoms with Crippen LogP contribution in [0.25, 0.3) is 0 Å². The summed E-state index contributed by atoms with van der Waals surface area (Å²) in [5.41, 5.74) is 1.71. The lowest BCUT2D eigenvalue weighted by Gasteiger charge is -2.28. The normalized spacial score (nSPS) is 32.3. The van der Waals surface area contributed by atoms with Gasteiger partial charge in [-0.15, -0.1) is 11.6 Å². The summed E-state index contributed by atoms with van der Waals surface area (Å²) in [5.74, 6) is 2.88. The summed E-state index contributed by atoms with van der Waals surface area (Å²) in [5, 5.41) is 0. The van der Waals surface area contributed by atoms with Crippen molar-refractivity contribution in [1.82, 2.24) is 0 Å². The van der Waals surface area contributed by atoms with Crippen molar-refractivity contribution < 1.29 is 4.74 Å². The standard InChI is InChI=1S/C17H23ClO/c18-13-17(10-15-9-16(15)11-17)7-4-8-19-12-14-5-2-1-3-6-14/h1-3,5-6,15-16H,4,7-13H2. The van der Waals surface area contributed by atoms with E-state index in [4.69, 9.17) is 16.3 Å². The zero-order chi connectivity index (χ0) is 13.1. The molecule has 0 radical (unpaired) electrons. The average Bonchev–Trinajstić information content (AvgIpc) is 3.07. The van der Waals surface area contributed by atoms with Gasteiger partial charge in [0.1, 0.15) is 0 Å². The van der Waals surface area contributed by atoms with Crippen molar-refractivity contribution in [2.45, 2.75) is 38.7 Å². The van der Waals surface area contributed by atoms with Crippen molar-refractivity contribution in [3.63, 3.8) is 0 Å². The second kappa shape index (κ2) is 5.85. The van der Waals surface area contributed by atoms with E-state index in [-0.39, 0.29) is 0 Å². The van der Waals surface area contributed by atoms with Gasteiger partial charge in [-0.2, -0.15) is 0 Å². The monoisotopic (exact) mass is 278 g/mol. The van der Waals surface area contributed by atoms with Crippen LogP contribution in [0.1, 0.15) is 37.7 Å². The third kappa shape index (κ3) is 3.32. The van der Waals surface area contributed by atoms with Gasteiger partial charge in [-0.25, -0.2) is 0 Å². The lowest BCUT2D eigenvalue weighted by Crippen LogP contribution is -2.21. The maximum absolute atomic E-state index is 6.22. The van der Waals surface area contributed by atoms with Crippen LogP contribution in [-0.4, -0.2) is 12.5 Å². The van der Waals surface area contributed by atoms with E-state index in [1.807, 2.05) is 6.07 Å². The third-order valence-corrected chi connectivity index (χ3v) is 5.42. The van der Waals surface area contributed by atoms with Crippen LogP contribution in [0.2, 0.25) is 0 Å². The van der Waals surface area contributed by atoms with E-state index >= 15 is 0 Å². The summed E-state index contributed by atoms with van der Waals surface area (Å²) in [6.45, 7) is 1.60. The van der Waals surface area contributed by atoms with E-state index in [0.717, 1.165) is 37.4 Å². The Hall–Kier alpha value is -0.530. The van der Waals surface area contributed by atoms with Crippen molar-refractivity contribution in [1.29, 1.82) is 0 Å². The van der Waals surface area contributed by atoms with Gasteiger partial charge in [0.25, 0.3) is 0 Å². The molecule has 1 aromatic rings. The smallest absolute Gasteiger partial charge is 0.0716 e. The fraction of sp³-hybridized carbons (Fsp3) is 0.647. The summed E-state index contributed by atoms with van der Waals surface area (Å²) < 4.78 is 5.76. The van der Waals surface area contributed by atoms with Gasteiger partial charge in [-0.1, -0.05) is 30.3 Å². The van der Waals surface area contributed by atoms with Crippen LogP contribution in [0.5, 0.6) is 0 Å². The van der Waals surface area contributed by atoms with E-state index in [1.54, 1.807) is 0 Å². The molecule has 0 heterocycles. The molecule has 1 nitrogen and oxygen atoms in total. The summed E-state index contributed by atoms with van der Waals surface area (Å²) in [4.78, 5) is 0. The first-order chi connectivity index (χ1) is 9.31. The molecule has 0 saturated heterocycles. The summed E-state index contributed by atoms with van der Waals surface area (Å²) in [7, 11) is 0. The molecule has 0 amide bonds. The molecule has 0 N–H and O–H groups in total. The van der Waals surface area contributed by atoms with E-state index < -0.39 is 0 Å². The van der Waals surface area contributed by atoms with Crippen molar-refractivity contribution in [2.24, 2.45) is 17.3 Å². The molecule has 19 heavy (non-hydrogen) atoms. The first-order valence-corrected chi connectivity index (χ1v) is 8.02. The Morgan fingerprint density at radius 2 is 1.89 bits per heavy atom. The van der Waals surface area contributed by atoms with Crippen LogP contribution in [0.3, 0.4) is 0 Å². The highest BCUT2D eigenvalue weighted by molar-refractivity contribution is 6.18. The lowest BCUT2D eigenvalue weighted by molar-refractivity contribution is 0.106. The van der Waals surface area contributed by atoms with Gasteiger partial charge in [0, 0.05) is 12.5 Å². The van der Waals surface area contributed by atoms with Gasteiger partial charge < -0.3 is 4.74 Å². The molecule has 104 valence electrons. The zero-order valence-corrected chi connectivity index (χ0v) is 12.2. The average molecular weight is 279 g/mol. The number of benzene rings is 1. The molecule has 2 aliphatic rings. The van der Waals surface area contributed by atoms with Crippen molar-refractivity contribution in [3.05, 3.63) is 35.9 Å². The summed E-state index contributed by atoms with van der Waals surface area (Å²) in [6, 6.07) is 10.4. The molecule has 2 heteroatoms. The van der Waals surface area contributed by atoms with Crippen molar-refractivity contribution >= 4 is 11.6 Å². The molecule has 1 aromatic carbocycles. The molecule has 2 atom stereocenters. The first kappa shape index (κ1) is 13.5. The molecule has 2 fully saturated rings. The molecule has 0 bridgehead atoms. The fourth-order valence-corrected chi connectivity index (χ4v) is 4.05. The Kier molecular flexibility index (Phi) is 4.14. The molecule has 0 spiro atoms. The van der Waals surface area contributed by atoms with Crippen LogP contribution in [0, 0.1) is 17.3 Å². The largest absolute Gasteiger partial charge is 0.377 e. The van der Waals surface area contributed by atoms with Crippen molar-refractivity contribution in [2.75, 3.05) is 12.5 Å². The predicted octanol–water partition coefficient (Wildman–Crippen LogP) is 4.64. The Labute approximate surface area is 121 Å². The summed E-state index contributed by atoms with van der Waals surface area (Å²) in [6.07, 6.45) is 6.63. The minimum absolute atomic E-state index is 0.450. The van der Waals surface area contributed by atoms with Crippen molar-refractivity contribution in [3.8, 4) is 0 Å². The minimum Gasteiger partial charge on any atom is -0.377 e. The Morgan fingerprint density at radius 1 is 1.16 bits per heavy atom. The number of halogens is 1. The highest BCUT2D eigenvalue weighted by Gasteiger charge is 2.52. The molecule has 2 unspecified atom stereocenters. The number of hydrogen-bond acceptors (Lipinski definition) is 1. The first-order valence-electron chi connectivity index (χ1n) is 7.49. The number of rotatable bonds is 7. The maximum atomic E-state index is 6.22. The van der Waals surface area contributed by atoms with Gasteiger partial charge in [0.2, 0.25) is 0 Å². The number of ether oxygens (including phenoxy) is 1. The Morgan fingerprint density at radius 3 is 2.58 bits per heavy atom.